The largest absolute Gasteiger partial charge is 0.381 e. The number of nitrogens with one attached hydrogen (secondary N) is 2. The van der Waals surface area contributed by atoms with E-state index in [0.717, 1.165) is 19.5 Å². The fourth-order valence-corrected chi connectivity index (χ4v) is 3.51. The van der Waals surface area contributed by atoms with Gasteiger partial charge in [0, 0.05) is 32.2 Å². The van der Waals surface area contributed by atoms with Gasteiger partial charge in [-0.05, 0) is 25.8 Å². The first-order valence-corrected chi connectivity index (χ1v) is 7.96. The van der Waals surface area contributed by atoms with E-state index in [1.807, 2.05) is 0 Å². The van der Waals surface area contributed by atoms with E-state index in [-0.39, 0.29) is 41.5 Å². The number of piperidine rings is 1. The SMILES string of the molecule is COC1CC(N)C(Cl)CC1C(=O)N[C@@H]1CCNC[C@@H]1OC. The summed E-state index contributed by atoms with van der Waals surface area (Å²) in [6.07, 6.45) is 1.86. The standard InChI is InChI=1S/C14H26ClN3O3/c1-20-12-6-10(16)9(15)5-8(12)14(19)18-11-3-4-17-7-13(11)21-2/h8-13,17H,3-7,16H2,1-2H3,(H,18,19)/t8?,9?,10?,11-,12?,13+/m1/s1. The van der Waals surface area contributed by atoms with Crippen LogP contribution in [0, 0.1) is 5.92 Å². The van der Waals surface area contributed by atoms with Gasteiger partial charge in [-0.25, -0.2) is 0 Å². The number of methoxy groups -OCH3 is 2. The minimum Gasteiger partial charge on any atom is -0.381 e. The second kappa shape index (κ2) is 7.74. The predicted molar refractivity (Wildman–Crippen MR) is 81.4 cm³/mol. The summed E-state index contributed by atoms with van der Waals surface area (Å²) in [6, 6.07) is -0.0862. The van der Waals surface area contributed by atoms with Gasteiger partial charge in [0.1, 0.15) is 0 Å². The number of rotatable bonds is 4. The Bertz CT molecular complexity index is 358. The van der Waals surface area contributed by atoms with Crippen molar-refractivity contribution in [3.05, 3.63) is 0 Å². The van der Waals surface area contributed by atoms with Gasteiger partial charge in [-0.2, -0.15) is 0 Å². The quantitative estimate of drug-likeness (QED) is 0.627. The molecule has 0 bridgehead atoms. The van der Waals surface area contributed by atoms with Crippen molar-refractivity contribution in [3.8, 4) is 0 Å². The van der Waals surface area contributed by atoms with Crippen LogP contribution in [0.15, 0.2) is 0 Å². The minimum atomic E-state index is -0.246. The lowest BCUT2D eigenvalue weighted by Crippen LogP contribution is -2.57. The summed E-state index contributed by atoms with van der Waals surface area (Å²) in [5, 5.41) is 6.19. The molecular weight excluding hydrogens is 294 g/mol. The van der Waals surface area contributed by atoms with Gasteiger partial charge in [0.2, 0.25) is 5.91 Å². The molecule has 6 nitrogen and oxygen atoms in total. The molecule has 21 heavy (non-hydrogen) atoms. The van der Waals surface area contributed by atoms with Gasteiger partial charge < -0.3 is 25.8 Å². The Kier molecular flexibility index (Phi) is 6.25. The maximum atomic E-state index is 12.6. The van der Waals surface area contributed by atoms with Crippen LogP contribution in [-0.2, 0) is 14.3 Å². The summed E-state index contributed by atoms with van der Waals surface area (Å²) in [5.74, 6) is -0.252. The maximum absolute atomic E-state index is 12.6. The number of hydrogen-bond donors (Lipinski definition) is 3. The Morgan fingerprint density at radius 1 is 1.29 bits per heavy atom. The van der Waals surface area contributed by atoms with E-state index in [0.29, 0.717) is 12.8 Å². The van der Waals surface area contributed by atoms with Crippen molar-refractivity contribution in [2.24, 2.45) is 11.7 Å². The van der Waals surface area contributed by atoms with Crippen LogP contribution in [0.1, 0.15) is 19.3 Å². The van der Waals surface area contributed by atoms with E-state index >= 15 is 0 Å². The third-order valence-corrected chi connectivity index (χ3v) is 5.10. The molecule has 1 aliphatic carbocycles. The summed E-state index contributed by atoms with van der Waals surface area (Å²) >= 11 is 6.23. The Labute approximate surface area is 131 Å². The van der Waals surface area contributed by atoms with Crippen LogP contribution in [0.5, 0.6) is 0 Å². The molecule has 2 fully saturated rings. The second-order valence-electron chi connectivity index (χ2n) is 5.91. The fourth-order valence-electron chi connectivity index (χ4n) is 3.22. The highest BCUT2D eigenvalue weighted by Crippen LogP contribution is 2.30. The van der Waals surface area contributed by atoms with Crippen LogP contribution in [0.25, 0.3) is 0 Å². The summed E-state index contributed by atoms with van der Waals surface area (Å²) in [4.78, 5) is 12.6. The average molecular weight is 320 g/mol. The molecule has 1 amide bonds. The molecule has 1 heterocycles. The number of ether oxygens (including phenoxy) is 2. The zero-order valence-corrected chi connectivity index (χ0v) is 13.4. The van der Waals surface area contributed by atoms with Crippen molar-refractivity contribution in [2.45, 2.75) is 48.9 Å². The van der Waals surface area contributed by atoms with E-state index in [9.17, 15) is 4.79 Å². The van der Waals surface area contributed by atoms with E-state index in [1.54, 1.807) is 14.2 Å². The topological polar surface area (TPSA) is 85.6 Å². The minimum absolute atomic E-state index is 0.00124. The molecule has 1 saturated carbocycles. The Balaban J connectivity index is 1.97. The van der Waals surface area contributed by atoms with E-state index in [1.165, 1.54) is 0 Å². The van der Waals surface area contributed by atoms with Crippen LogP contribution in [0.2, 0.25) is 0 Å². The molecule has 122 valence electrons. The highest BCUT2D eigenvalue weighted by atomic mass is 35.5. The maximum Gasteiger partial charge on any atom is 0.226 e. The van der Waals surface area contributed by atoms with E-state index in [2.05, 4.69) is 10.6 Å². The molecule has 0 aromatic rings. The van der Waals surface area contributed by atoms with Crippen molar-refractivity contribution in [2.75, 3.05) is 27.3 Å². The number of alkyl halides is 1. The summed E-state index contributed by atoms with van der Waals surface area (Å²) in [7, 11) is 3.29. The number of nitrogens with two attached hydrogens (primary N) is 1. The van der Waals surface area contributed by atoms with Crippen LogP contribution < -0.4 is 16.4 Å². The number of amides is 1. The summed E-state index contributed by atoms with van der Waals surface area (Å²) < 4.78 is 10.9. The van der Waals surface area contributed by atoms with Crippen LogP contribution >= 0.6 is 11.6 Å². The molecule has 4 N–H and O–H groups in total. The normalized spacial score (nSPS) is 40.8. The number of hydrogen-bond acceptors (Lipinski definition) is 5. The lowest BCUT2D eigenvalue weighted by Gasteiger charge is -2.38. The van der Waals surface area contributed by atoms with Gasteiger partial charge in [-0.3, -0.25) is 4.79 Å². The molecule has 2 rings (SSSR count). The first kappa shape index (κ1) is 17.0. The zero-order chi connectivity index (χ0) is 15.4. The third-order valence-electron chi connectivity index (χ3n) is 4.59. The fraction of sp³-hybridized carbons (Fsp3) is 0.929. The van der Waals surface area contributed by atoms with Gasteiger partial charge in [0.25, 0.3) is 0 Å². The first-order valence-electron chi connectivity index (χ1n) is 7.53. The second-order valence-corrected chi connectivity index (χ2v) is 6.47. The van der Waals surface area contributed by atoms with Crippen molar-refractivity contribution in [1.82, 2.24) is 10.6 Å². The zero-order valence-electron chi connectivity index (χ0n) is 12.7. The number of carbonyl (C=O) groups excluding carboxylic acids is 1. The number of halogens is 1. The van der Waals surface area contributed by atoms with Gasteiger partial charge in [-0.1, -0.05) is 0 Å². The molecule has 1 saturated heterocycles. The van der Waals surface area contributed by atoms with E-state index < -0.39 is 0 Å². The van der Waals surface area contributed by atoms with Crippen LogP contribution in [0.4, 0.5) is 0 Å². The smallest absolute Gasteiger partial charge is 0.226 e. The van der Waals surface area contributed by atoms with Crippen LogP contribution in [0.3, 0.4) is 0 Å². The lowest BCUT2D eigenvalue weighted by molar-refractivity contribution is -0.133. The molecule has 6 atom stereocenters. The number of carbonyl (C=O) groups is 1. The molecule has 2 aliphatic rings. The van der Waals surface area contributed by atoms with Gasteiger partial charge in [0.15, 0.2) is 0 Å². The molecule has 0 aromatic heterocycles. The predicted octanol–water partition coefficient (Wildman–Crippen LogP) is -0.161. The van der Waals surface area contributed by atoms with Crippen LogP contribution in [-0.4, -0.2) is 62.9 Å². The third kappa shape index (κ3) is 4.07. The summed E-state index contributed by atoms with van der Waals surface area (Å²) in [5.41, 5.74) is 5.96. The highest BCUT2D eigenvalue weighted by Gasteiger charge is 2.40. The van der Waals surface area contributed by atoms with Crippen molar-refractivity contribution >= 4 is 17.5 Å². The van der Waals surface area contributed by atoms with E-state index in [4.69, 9.17) is 26.8 Å². The molecular formula is C14H26ClN3O3. The van der Waals surface area contributed by atoms with Crippen molar-refractivity contribution in [1.29, 1.82) is 0 Å². The van der Waals surface area contributed by atoms with Gasteiger partial charge in [-0.15, -0.1) is 11.6 Å². The highest BCUT2D eigenvalue weighted by molar-refractivity contribution is 6.21. The first-order chi connectivity index (χ1) is 10.1. The Morgan fingerprint density at radius 3 is 2.67 bits per heavy atom. The molecule has 0 spiro atoms. The molecule has 4 unspecified atom stereocenters. The Hall–Kier alpha value is -0.400. The molecule has 7 heteroatoms. The monoisotopic (exact) mass is 319 g/mol. The van der Waals surface area contributed by atoms with Gasteiger partial charge in [0.05, 0.1) is 24.2 Å². The average Bonchev–Trinajstić information content (AvgIpc) is 2.50. The summed E-state index contributed by atoms with van der Waals surface area (Å²) in [6.45, 7) is 1.63. The lowest BCUT2D eigenvalue weighted by atomic mass is 9.82. The Morgan fingerprint density at radius 2 is 2.00 bits per heavy atom. The molecule has 0 aromatic carbocycles. The van der Waals surface area contributed by atoms with Crippen molar-refractivity contribution in [3.63, 3.8) is 0 Å². The van der Waals surface area contributed by atoms with Crippen molar-refractivity contribution < 1.29 is 14.3 Å². The van der Waals surface area contributed by atoms with Gasteiger partial charge >= 0.3 is 0 Å². The molecule has 1 aliphatic heterocycles. The molecule has 0 radical (unpaired) electrons.